The summed E-state index contributed by atoms with van der Waals surface area (Å²) in [6.45, 7) is 2.77. The van der Waals surface area contributed by atoms with E-state index in [1.807, 2.05) is 18.4 Å². The average molecular weight is 281 g/mol. The first-order chi connectivity index (χ1) is 9.17. The van der Waals surface area contributed by atoms with Gasteiger partial charge in [-0.2, -0.15) is 11.8 Å². The highest BCUT2D eigenvalue weighted by Crippen LogP contribution is 2.08. The highest BCUT2D eigenvalue weighted by molar-refractivity contribution is 7.98. The van der Waals surface area contributed by atoms with Crippen LogP contribution in [0.2, 0.25) is 0 Å². The molecule has 1 atom stereocenters. The standard InChI is InChI=1S/C15H23NO2S/c1-3-5-12-6-4-7-13(10-12)11-16-14(15(17)18)8-9-19-2/h4,6-7,10,14,16H,3,5,8-9,11H2,1-2H3,(H,17,18)/t14-/m1/s1. The highest BCUT2D eigenvalue weighted by Gasteiger charge is 2.15. The van der Waals surface area contributed by atoms with Crippen LogP contribution in [0.25, 0.3) is 0 Å². The number of aryl methyl sites for hydroxylation is 1. The molecule has 0 amide bonds. The predicted octanol–water partition coefficient (Wildman–Crippen LogP) is 2.94. The molecule has 0 radical (unpaired) electrons. The molecular formula is C15H23NO2S. The van der Waals surface area contributed by atoms with Crippen LogP contribution in [0.15, 0.2) is 24.3 Å². The Balaban J connectivity index is 2.53. The van der Waals surface area contributed by atoms with Crippen molar-refractivity contribution in [2.24, 2.45) is 0 Å². The molecule has 0 unspecified atom stereocenters. The van der Waals surface area contributed by atoms with Gasteiger partial charge < -0.3 is 10.4 Å². The normalized spacial score (nSPS) is 12.3. The van der Waals surface area contributed by atoms with Gasteiger partial charge in [0, 0.05) is 6.54 Å². The summed E-state index contributed by atoms with van der Waals surface area (Å²) in [5, 5.41) is 12.3. The molecule has 0 aliphatic heterocycles. The van der Waals surface area contributed by atoms with E-state index in [0.717, 1.165) is 24.2 Å². The van der Waals surface area contributed by atoms with Gasteiger partial charge in [0.25, 0.3) is 0 Å². The van der Waals surface area contributed by atoms with Crippen molar-refractivity contribution < 1.29 is 9.90 Å². The van der Waals surface area contributed by atoms with E-state index in [2.05, 4.69) is 24.4 Å². The number of carboxylic acid groups (broad SMARTS) is 1. The third kappa shape index (κ3) is 6.12. The lowest BCUT2D eigenvalue weighted by Crippen LogP contribution is -2.36. The summed E-state index contributed by atoms with van der Waals surface area (Å²) in [4.78, 5) is 11.1. The van der Waals surface area contributed by atoms with Gasteiger partial charge in [0.1, 0.15) is 6.04 Å². The number of hydrogen-bond donors (Lipinski definition) is 2. The Kier molecular flexibility index (Phi) is 7.60. The molecule has 0 aliphatic rings. The summed E-state index contributed by atoms with van der Waals surface area (Å²) < 4.78 is 0. The lowest BCUT2D eigenvalue weighted by molar-refractivity contribution is -0.139. The van der Waals surface area contributed by atoms with Gasteiger partial charge in [-0.1, -0.05) is 37.6 Å². The summed E-state index contributed by atoms with van der Waals surface area (Å²) in [6, 6.07) is 7.90. The topological polar surface area (TPSA) is 49.3 Å². The van der Waals surface area contributed by atoms with Gasteiger partial charge in [0.15, 0.2) is 0 Å². The van der Waals surface area contributed by atoms with Crippen LogP contribution in [0.3, 0.4) is 0 Å². The minimum Gasteiger partial charge on any atom is -0.480 e. The fraction of sp³-hybridized carbons (Fsp3) is 0.533. The lowest BCUT2D eigenvalue weighted by atomic mass is 10.1. The third-order valence-corrected chi connectivity index (χ3v) is 3.64. The van der Waals surface area contributed by atoms with Crippen molar-refractivity contribution in [3.8, 4) is 0 Å². The second-order valence-corrected chi connectivity index (χ2v) is 5.61. The van der Waals surface area contributed by atoms with Crippen molar-refractivity contribution in [3.63, 3.8) is 0 Å². The summed E-state index contributed by atoms with van der Waals surface area (Å²) in [6.07, 6.45) is 4.85. The summed E-state index contributed by atoms with van der Waals surface area (Å²) >= 11 is 1.67. The molecule has 0 aliphatic carbocycles. The molecule has 0 saturated heterocycles. The van der Waals surface area contributed by atoms with Crippen LogP contribution in [0.1, 0.15) is 30.9 Å². The number of carboxylic acids is 1. The fourth-order valence-corrected chi connectivity index (χ4v) is 2.44. The minimum absolute atomic E-state index is 0.456. The zero-order chi connectivity index (χ0) is 14.1. The van der Waals surface area contributed by atoms with Crippen molar-refractivity contribution in [2.45, 2.75) is 38.8 Å². The molecule has 0 heterocycles. The van der Waals surface area contributed by atoms with Crippen molar-refractivity contribution in [1.82, 2.24) is 5.32 Å². The molecule has 0 fully saturated rings. The smallest absolute Gasteiger partial charge is 0.320 e. The highest BCUT2D eigenvalue weighted by atomic mass is 32.2. The van der Waals surface area contributed by atoms with Gasteiger partial charge in [-0.15, -0.1) is 0 Å². The molecule has 0 spiro atoms. The van der Waals surface area contributed by atoms with Gasteiger partial charge in [0.2, 0.25) is 0 Å². The Morgan fingerprint density at radius 3 is 2.79 bits per heavy atom. The molecule has 1 aromatic carbocycles. The maximum Gasteiger partial charge on any atom is 0.320 e. The Bertz CT molecular complexity index is 395. The number of thioether (sulfide) groups is 1. The molecule has 1 aromatic rings. The van der Waals surface area contributed by atoms with Gasteiger partial charge in [-0.05, 0) is 36.0 Å². The van der Waals surface area contributed by atoms with Crippen LogP contribution >= 0.6 is 11.8 Å². The van der Waals surface area contributed by atoms with E-state index < -0.39 is 12.0 Å². The first-order valence-electron chi connectivity index (χ1n) is 6.70. The van der Waals surface area contributed by atoms with Gasteiger partial charge >= 0.3 is 5.97 Å². The Labute approximate surface area is 119 Å². The number of rotatable bonds is 9. The fourth-order valence-electron chi connectivity index (χ4n) is 1.97. The number of carbonyl (C=O) groups is 1. The Morgan fingerprint density at radius 1 is 1.42 bits per heavy atom. The van der Waals surface area contributed by atoms with Crippen LogP contribution in [0.5, 0.6) is 0 Å². The van der Waals surface area contributed by atoms with E-state index in [9.17, 15) is 4.79 Å². The van der Waals surface area contributed by atoms with Crippen LogP contribution in [0.4, 0.5) is 0 Å². The molecule has 0 bridgehead atoms. The molecule has 0 aromatic heterocycles. The van der Waals surface area contributed by atoms with Crippen molar-refractivity contribution in [3.05, 3.63) is 35.4 Å². The van der Waals surface area contributed by atoms with E-state index in [4.69, 9.17) is 5.11 Å². The van der Waals surface area contributed by atoms with Crippen LogP contribution < -0.4 is 5.32 Å². The monoisotopic (exact) mass is 281 g/mol. The van der Waals surface area contributed by atoms with Crippen molar-refractivity contribution >= 4 is 17.7 Å². The summed E-state index contributed by atoms with van der Waals surface area (Å²) in [7, 11) is 0. The second kappa shape index (κ2) is 8.99. The number of benzene rings is 1. The van der Waals surface area contributed by atoms with E-state index in [0.29, 0.717) is 13.0 Å². The van der Waals surface area contributed by atoms with Crippen LogP contribution in [0, 0.1) is 0 Å². The molecule has 1 rings (SSSR count). The zero-order valence-electron chi connectivity index (χ0n) is 11.7. The molecular weight excluding hydrogens is 258 g/mol. The molecule has 3 nitrogen and oxygen atoms in total. The molecule has 0 saturated carbocycles. The molecule has 106 valence electrons. The van der Waals surface area contributed by atoms with Crippen molar-refractivity contribution in [1.29, 1.82) is 0 Å². The molecule has 19 heavy (non-hydrogen) atoms. The first-order valence-corrected chi connectivity index (χ1v) is 8.09. The van der Waals surface area contributed by atoms with Gasteiger partial charge in [-0.25, -0.2) is 0 Å². The summed E-state index contributed by atoms with van der Waals surface area (Å²) in [5.74, 6) is 0.0959. The Morgan fingerprint density at radius 2 is 2.16 bits per heavy atom. The predicted molar refractivity (Wildman–Crippen MR) is 81.7 cm³/mol. The molecule has 4 heteroatoms. The Hall–Kier alpha value is -1.00. The minimum atomic E-state index is -0.765. The molecule has 2 N–H and O–H groups in total. The van der Waals surface area contributed by atoms with Crippen molar-refractivity contribution in [2.75, 3.05) is 12.0 Å². The average Bonchev–Trinajstić information content (AvgIpc) is 2.39. The SMILES string of the molecule is CCCc1cccc(CN[C@H](CCSC)C(=O)O)c1. The zero-order valence-corrected chi connectivity index (χ0v) is 12.5. The maximum atomic E-state index is 11.1. The van der Waals surface area contributed by atoms with E-state index >= 15 is 0 Å². The van der Waals surface area contributed by atoms with Gasteiger partial charge in [-0.3, -0.25) is 4.79 Å². The maximum absolute atomic E-state index is 11.1. The van der Waals surface area contributed by atoms with E-state index in [1.54, 1.807) is 11.8 Å². The lowest BCUT2D eigenvalue weighted by Gasteiger charge is -2.14. The van der Waals surface area contributed by atoms with Crippen LogP contribution in [-0.4, -0.2) is 29.1 Å². The van der Waals surface area contributed by atoms with Crippen LogP contribution in [-0.2, 0) is 17.8 Å². The van der Waals surface area contributed by atoms with E-state index in [-0.39, 0.29) is 0 Å². The van der Waals surface area contributed by atoms with Gasteiger partial charge in [0.05, 0.1) is 0 Å². The third-order valence-electron chi connectivity index (χ3n) is 2.99. The quantitative estimate of drug-likeness (QED) is 0.730. The summed E-state index contributed by atoms with van der Waals surface area (Å²) in [5.41, 5.74) is 2.47. The first kappa shape index (κ1) is 16.1. The number of aliphatic carboxylic acids is 1. The van der Waals surface area contributed by atoms with E-state index in [1.165, 1.54) is 5.56 Å². The number of nitrogens with one attached hydrogen (secondary N) is 1. The second-order valence-electron chi connectivity index (χ2n) is 4.62. The number of hydrogen-bond acceptors (Lipinski definition) is 3. The largest absolute Gasteiger partial charge is 0.480 e.